The van der Waals surface area contributed by atoms with Gasteiger partial charge in [0.15, 0.2) is 0 Å². The van der Waals surface area contributed by atoms with Crippen LogP contribution in [0, 0.1) is 17.8 Å². The summed E-state index contributed by atoms with van der Waals surface area (Å²) in [6.07, 6.45) is 5.38. The summed E-state index contributed by atoms with van der Waals surface area (Å²) in [5.74, 6) is -0.342. The Morgan fingerprint density at radius 2 is 1.89 bits per heavy atom. The van der Waals surface area contributed by atoms with Gasteiger partial charge in [-0.3, -0.25) is 9.59 Å². The highest BCUT2D eigenvalue weighted by Crippen LogP contribution is 2.43. The van der Waals surface area contributed by atoms with Crippen molar-refractivity contribution in [1.29, 1.82) is 0 Å². The lowest BCUT2D eigenvalue weighted by atomic mass is 9.88. The third-order valence-electron chi connectivity index (χ3n) is 5.55. The van der Waals surface area contributed by atoms with Crippen molar-refractivity contribution in [2.24, 2.45) is 17.8 Å². The zero-order valence-corrected chi connectivity index (χ0v) is 17.6. The van der Waals surface area contributed by atoms with Crippen molar-refractivity contribution in [3.8, 4) is 0 Å². The normalized spacial score (nSPS) is 21.8. The van der Waals surface area contributed by atoms with E-state index in [-0.39, 0.29) is 28.6 Å². The van der Waals surface area contributed by atoms with Crippen LogP contribution in [0.1, 0.15) is 49.5 Å². The van der Waals surface area contributed by atoms with Crippen LogP contribution in [0.3, 0.4) is 0 Å². The molecule has 2 saturated carbocycles. The summed E-state index contributed by atoms with van der Waals surface area (Å²) in [5, 5.41) is 3.25. The maximum atomic E-state index is 13.1. The minimum Gasteiger partial charge on any atom is -0.466 e. The molecule has 2 fully saturated rings. The van der Waals surface area contributed by atoms with E-state index in [0.29, 0.717) is 48.9 Å². The number of nitrogens with one attached hydrogen (secondary N) is 2. The summed E-state index contributed by atoms with van der Waals surface area (Å²) in [4.78, 5) is 25.6. The molecule has 1 atom stereocenters. The summed E-state index contributed by atoms with van der Waals surface area (Å²) in [7, 11) is -3.76. The smallest absolute Gasteiger partial charge is 0.309 e. The zero-order valence-electron chi connectivity index (χ0n) is 16.0. The van der Waals surface area contributed by atoms with Gasteiger partial charge in [0.25, 0.3) is 0 Å². The minimum absolute atomic E-state index is 0.0126. The number of anilines is 1. The molecular weight excluding hydrogens is 400 g/mol. The predicted octanol–water partition coefficient (Wildman–Crippen LogP) is 2.45. The van der Waals surface area contributed by atoms with E-state index in [1.54, 1.807) is 6.92 Å². The van der Waals surface area contributed by atoms with E-state index in [9.17, 15) is 18.0 Å². The number of carbonyl (C=O) groups is 2. The summed E-state index contributed by atoms with van der Waals surface area (Å²) in [5.41, 5.74) is 0.670. The van der Waals surface area contributed by atoms with Gasteiger partial charge in [0.2, 0.25) is 15.9 Å². The van der Waals surface area contributed by atoms with Crippen molar-refractivity contribution in [1.82, 2.24) is 4.72 Å². The summed E-state index contributed by atoms with van der Waals surface area (Å²) in [6.45, 7) is 2.49. The highest BCUT2D eigenvalue weighted by molar-refractivity contribution is 7.90. The first-order valence-corrected chi connectivity index (χ1v) is 12.3. The number of esters is 1. The molecule has 0 bridgehead atoms. The quantitative estimate of drug-likeness (QED) is 0.622. The van der Waals surface area contributed by atoms with Crippen molar-refractivity contribution in [2.45, 2.75) is 56.8 Å². The Morgan fingerprint density at radius 1 is 1.14 bits per heavy atom. The SMILES string of the molecule is CCOC(=O)C1CCc2sc(NC(=O)C3CC3)c(S(=O)(=O)NCC3CC3)c2C1. The largest absolute Gasteiger partial charge is 0.466 e. The number of aryl methyl sites for hydroxylation is 1. The van der Waals surface area contributed by atoms with Gasteiger partial charge in [0.05, 0.1) is 12.5 Å². The molecule has 154 valence electrons. The summed E-state index contributed by atoms with van der Waals surface area (Å²) < 4.78 is 34.1. The Balaban J connectivity index is 1.65. The third-order valence-corrected chi connectivity index (χ3v) is 8.42. The molecule has 1 heterocycles. The number of hydrogen-bond acceptors (Lipinski definition) is 6. The number of amides is 1. The number of rotatable bonds is 8. The number of hydrogen-bond donors (Lipinski definition) is 2. The van der Waals surface area contributed by atoms with Gasteiger partial charge in [0, 0.05) is 17.3 Å². The van der Waals surface area contributed by atoms with Gasteiger partial charge >= 0.3 is 5.97 Å². The molecule has 28 heavy (non-hydrogen) atoms. The van der Waals surface area contributed by atoms with Crippen LogP contribution in [0.5, 0.6) is 0 Å². The number of thiophene rings is 1. The Bertz CT molecular complexity index is 884. The molecule has 1 amide bonds. The number of fused-ring (bicyclic) bond motifs is 1. The molecule has 1 aromatic rings. The number of sulfonamides is 1. The van der Waals surface area contributed by atoms with Crippen LogP contribution in [0.15, 0.2) is 4.90 Å². The fourth-order valence-corrected chi connectivity index (χ4v) is 6.65. The maximum absolute atomic E-state index is 13.1. The fraction of sp³-hybridized carbons (Fsp3) is 0.684. The molecule has 0 saturated heterocycles. The van der Waals surface area contributed by atoms with Gasteiger partial charge in [-0.1, -0.05) is 0 Å². The topological polar surface area (TPSA) is 102 Å². The molecule has 1 aromatic heterocycles. The van der Waals surface area contributed by atoms with Crippen LogP contribution < -0.4 is 10.0 Å². The van der Waals surface area contributed by atoms with E-state index in [0.717, 1.165) is 30.6 Å². The van der Waals surface area contributed by atoms with Crippen LogP contribution in [0.2, 0.25) is 0 Å². The maximum Gasteiger partial charge on any atom is 0.309 e. The molecule has 0 aromatic carbocycles. The molecule has 2 N–H and O–H groups in total. The molecule has 3 aliphatic rings. The molecule has 7 nitrogen and oxygen atoms in total. The van der Waals surface area contributed by atoms with E-state index < -0.39 is 10.0 Å². The predicted molar refractivity (Wildman–Crippen MR) is 106 cm³/mol. The molecule has 0 aliphatic heterocycles. The van der Waals surface area contributed by atoms with Crippen molar-refractivity contribution >= 4 is 38.2 Å². The molecule has 9 heteroatoms. The average Bonchev–Trinajstić information content (AvgIpc) is 3.55. The van der Waals surface area contributed by atoms with Gasteiger partial charge in [-0.15, -0.1) is 11.3 Å². The zero-order chi connectivity index (χ0) is 19.9. The number of ether oxygens (including phenoxy) is 1. The first kappa shape index (κ1) is 19.8. The highest BCUT2D eigenvalue weighted by atomic mass is 32.2. The molecule has 3 aliphatic carbocycles. The van der Waals surface area contributed by atoms with Crippen LogP contribution in [-0.4, -0.2) is 33.4 Å². The van der Waals surface area contributed by atoms with E-state index in [2.05, 4.69) is 10.0 Å². The molecular formula is C19H26N2O5S2. The lowest BCUT2D eigenvalue weighted by Crippen LogP contribution is -2.29. The van der Waals surface area contributed by atoms with E-state index in [1.165, 1.54) is 11.3 Å². The summed E-state index contributed by atoms with van der Waals surface area (Å²) in [6, 6.07) is 0. The van der Waals surface area contributed by atoms with Crippen molar-refractivity contribution in [3.63, 3.8) is 0 Å². The molecule has 4 rings (SSSR count). The highest BCUT2D eigenvalue weighted by Gasteiger charge is 2.37. The van der Waals surface area contributed by atoms with Gasteiger partial charge in [-0.2, -0.15) is 0 Å². The van der Waals surface area contributed by atoms with Gasteiger partial charge in [0.1, 0.15) is 9.90 Å². The standard InChI is InChI=1S/C19H26N2O5S2/c1-2-26-19(23)13-7-8-15-14(9-13)16(28(24,25)20-10-11-3-4-11)18(27-15)21-17(22)12-5-6-12/h11-13,20H,2-10H2,1H3,(H,21,22). The van der Waals surface area contributed by atoms with Crippen LogP contribution in [0.25, 0.3) is 0 Å². The second-order valence-corrected chi connectivity index (χ2v) is 10.7. The van der Waals surface area contributed by atoms with Gasteiger partial charge < -0.3 is 10.1 Å². The second kappa shape index (κ2) is 7.76. The van der Waals surface area contributed by atoms with E-state index in [1.807, 2.05) is 0 Å². The van der Waals surface area contributed by atoms with Crippen molar-refractivity contribution < 1.29 is 22.7 Å². The van der Waals surface area contributed by atoms with Crippen LogP contribution in [-0.2, 0) is 37.2 Å². The molecule has 1 unspecified atom stereocenters. The van der Waals surface area contributed by atoms with Gasteiger partial charge in [-0.05, 0) is 63.4 Å². The lowest BCUT2D eigenvalue weighted by Gasteiger charge is -2.21. The van der Waals surface area contributed by atoms with Gasteiger partial charge in [-0.25, -0.2) is 13.1 Å². The first-order valence-electron chi connectivity index (χ1n) is 10.0. The van der Waals surface area contributed by atoms with Crippen LogP contribution >= 0.6 is 11.3 Å². The minimum atomic E-state index is -3.76. The Labute approximate surface area is 169 Å². The monoisotopic (exact) mass is 426 g/mol. The van der Waals surface area contributed by atoms with E-state index >= 15 is 0 Å². The lowest BCUT2D eigenvalue weighted by molar-refractivity contribution is -0.148. The average molecular weight is 427 g/mol. The third kappa shape index (κ3) is 4.26. The fourth-order valence-electron chi connectivity index (χ4n) is 3.57. The summed E-state index contributed by atoms with van der Waals surface area (Å²) >= 11 is 1.34. The second-order valence-electron chi connectivity index (χ2n) is 7.91. The van der Waals surface area contributed by atoms with Crippen LogP contribution in [0.4, 0.5) is 5.00 Å². The number of carbonyl (C=O) groups excluding carboxylic acids is 2. The van der Waals surface area contributed by atoms with E-state index in [4.69, 9.17) is 4.74 Å². The Hall–Kier alpha value is -1.45. The Kier molecular flexibility index (Phi) is 5.50. The Morgan fingerprint density at radius 3 is 2.54 bits per heavy atom. The van der Waals surface area contributed by atoms with Crippen molar-refractivity contribution in [3.05, 3.63) is 10.4 Å². The first-order chi connectivity index (χ1) is 13.4. The van der Waals surface area contributed by atoms with Crippen molar-refractivity contribution in [2.75, 3.05) is 18.5 Å². The molecule has 0 radical (unpaired) electrons. The molecule has 0 spiro atoms.